The average molecular weight is 327 g/mol. The number of carbonyl (C=O) groups is 1. The van der Waals surface area contributed by atoms with Gasteiger partial charge in [-0.2, -0.15) is 0 Å². The molecule has 0 radical (unpaired) electrons. The molecule has 0 bridgehead atoms. The van der Waals surface area contributed by atoms with E-state index in [1.165, 1.54) is 5.41 Å². The second kappa shape index (κ2) is 6.01. The molecule has 2 aromatic carbocycles. The lowest BCUT2D eigenvalue weighted by Crippen LogP contribution is -2.41. The van der Waals surface area contributed by atoms with Gasteiger partial charge >= 0.3 is 0 Å². The van der Waals surface area contributed by atoms with Gasteiger partial charge in [-0.1, -0.05) is 35.9 Å². The van der Waals surface area contributed by atoms with E-state index < -0.39 is 15.9 Å². The van der Waals surface area contributed by atoms with Gasteiger partial charge in [-0.05, 0) is 37.3 Å². The Hall–Kier alpha value is -2.40. The maximum absolute atomic E-state index is 12.9. The summed E-state index contributed by atoms with van der Waals surface area (Å²) in [7, 11) is -3.25. The molecule has 2 aromatic rings. The van der Waals surface area contributed by atoms with E-state index in [0.29, 0.717) is 11.3 Å². The molecule has 1 heterocycles. The minimum absolute atomic E-state index is 0.0839. The number of carbonyl (C=O) groups excluding carboxylic acids is 1. The van der Waals surface area contributed by atoms with E-state index in [9.17, 15) is 13.2 Å². The number of benzene rings is 2. The van der Waals surface area contributed by atoms with Crippen LogP contribution in [0.15, 0.2) is 66.1 Å². The van der Waals surface area contributed by atoms with Gasteiger partial charge in [0.25, 0.3) is 5.91 Å². The Kier molecular flexibility index (Phi) is 4.05. The third-order valence-corrected chi connectivity index (χ3v) is 5.17. The fourth-order valence-electron chi connectivity index (χ4n) is 2.60. The van der Waals surface area contributed by atoms with E-state index >= 15 is 0 Å². The molecule has 1 atom stereocenters. The minimum atomic E-state index is -3.25. The van der Waals surface area contributed by atoms with Crippen molar-refractivity contribution in [3.8, 4) is 0 Å². The molecule has 0 saturated carbocycles. The SMILES string of the molecule is Cc1ccc(N(C(=O)c2ccccc2)C2C=CS(=O)(=O)C2)cc1. The third-order valence-electron chi connectivity index (χ3n) is 3.79. The van der Waals surface area contributed by atoms with Gasteiger partial charge in [0.05, 0.1) is 11.8 Å². The highest BCUT2D eigenvalue weighted by Gasteiger charge is 2.31. The predicted octanol–water partition coefficient (Wildman–Crippen LogP) is 2.95. The summed E-state index contributed by atoms with van der Waals surface area (Å²) in [6.07, 6.45) is 1.58. The zero-order valence-electron chi connectivity index (χ0n) is 12.7. The second-order valence-electron chi connectivity index (χ2n) is 5.60. The van der Waals surface area contributed by atoms with Crippen molar-refractivity contribution in [2.75, 3.05) is 10.7 Å². The Labute approximate surface area is 136 Å². The molecule has 1 aliphatic heterocycles. The van der Waals surface area contributed by atoms with Crippen LogP contribution < -0.4 is 4.90 Å². The van der Waals surface area contributed by atoms with Crippen LogP contribution in [-0.2, 0) is 9.84 Å². The summed E-state index contributed by atoms with van der Waals surface area (Å²) in [5, 5.41) is 1.19. The monoisotopic (exact) mass is 327 g/mol. The van der Waals surface area contributed by atoms with Gasteiger partial charge in [-0.3, -0.25) is 4.79 Å². The Balaban J connectivity index is 2.02. The van der Waals surface area contributed by atoms with Crippen molar-refractivity contribution in [1.82, 2.24) is 0 Å². The van der Waals surface area contributed by atoms with E-state index in [1.807, 2.05) is 37.3 Å². The highest BCUT2D eigenvalue weighted by atomic mass is 32.2. The maximum Gasteiger partial charge on any atom is 0.258 e. The molecule has 3 rings (SSSR count). The lowest BCUT2D eigenvalue weighted by molar-refractivity contribution is 0.0983. The zero-order chi connectivity index (χ0) is 16.4. The number of rotatable bonds is 3. The summed E-state index contributed by atoms with van der Waals surface area (Å²) < 4.78 is 23.5. The molecule has 5 heteroatoms. The largest absolute Gasteiger partial charge is 0.300 e. The molecule has 0 saturated heterocycles. The van der Waals surface area contributed by atoms with Crippen LogP contribution in [0.3, 0.4) is 0 Å². The number of hydrogen-bond donors (Lipinski definition) is 0. The number of nitrogens with zero attached hydrogens (tertiary/aromatic N) is 1. The predicted molar refractivity (Wildman–Crippen MR) is 91.1 cm³/mol. The lowest BCUT2D eigenvalue weighted by atomic mass is 10.1. The average Bonchev–Trinajstić information content (AvgIpc) is 2.90. The zero-order valence-corrected chi connectivity index (χ0v) is 13.5. The van der Waals surface area contributed by atoms with E-state index in [-0.39, 0.29) is 11.7 Å². The highest BCUT2D eigenvalue weighted by Crippen LogP contribution is 2.25. The van der Waals surface area contributed by atoms with Gasteiger partial charge in [0.2, 0.25) is 0 Å². The summed E-state index contributed by atoms with van der Waals surface area (Å²) in [6.45, 7) is 1.97. The molecule has 1 unspecified atom stereocenters. The first-order chi connectivity index (χ1) is 11.0. The van der Waals surface area contributed by atoms with Gasteiger partial charge < -0.3 is 4.90 Å². The lowest BCUT2D eigenvalue weighted by Gasteiger charge is -2.28. The molecule has 0 aliphatic carbocycles. The second-order valence-corrected chi connectivity index (χ2v) is 7.53. The van der Waals surface area contributed by atoms with Crippen LogP contribution in [0, 0.1) is 6.92 Å². The van der Waals surface area contributed by atoms with Gasteiger partial charge in [-0.25, -0.2) is 8.42 Å². The third kappa shape index (κ3) is 3.35. The molecular formula is C18H17NO3S. The number of hydrogen-bond acceptors (Lipinski definition) is 3. The first-order valence-electron chi connectivity index (χ1n) is 7.32. The molecule has 1 aliphatic rings. The maximum atomic E-state index is 12.9. The standard InChI is InChI=1S/C18H17NO3S/c1-14-7-9-16(10-8-14)19(17-11-12-23(21,22)13-17)18(20)15-5-3-2-4-6-15/h2-12,17H,13H2,1H3. The van der Waals surface area contributed by atoms with Gasteiger partial charge in [0.15, 0.2) is 9.84 Å². The van der Waals surface area contributed by atoms with Gasteiger partial charge in [-0.15, -0.1) is 0 Å². The summed E-state index contributed by atoms with van der Waals surface area (Å²) in [5.74, 6) is -0.291. The molecule has 0 aromatic heterocycles. The fraction of sp³-hybridized carbons (Fsp3) is 0.167. The van der Waals surface area contributed by atoms with E-state index in [1.54, 1.807) is 35.2 Å². The molecule has 4 nitrogen and oxygen atoms in total. The van der Waals surface area contributed by atoms with Crippen molar-refractivity contribution in [3.05, 3.63) is 77.2 Å². The summed E-state index contributed by atoms with van der Waals surface area (Å²) >= 11 is 0. The summed E-state index contributed by atoms with van der Waals surface area (Å²) in [4.78, 5) is 14.5. The summed E-state index contributed by atoms with van der Waals surface area (Å²) in [5.41, 5.74) is 2.30. The number of aryl methyl sites for hydroxylation is 1. The Bertz CT molecular complexity index is 840. The first kappa shape index (κ1) is 15.5. The molecule has 0 spiro atoms. The smallest absolute Gasteiger partial charge is 0.258 e. The molecule has 1 amide bonds. The van der Waals surface area contributed by atoms with Crippen LogP contribution in [0.2, 0.25) is 0 Å². The first-order valence-corrected chi connectivity index (χ1v) is 9.04. The van der Waals surface area contributed by atoms with Crippen LogP contribution in [0.25, 0.3) is 0 Å². The van der Waals surface area contributed by atoms with E-state index in [0.717, 1.165) is 5.56 Å². The van der Waals surface area contributed by atoms with Crippen molar-refractivity contribution in [2.45, 2.75) is 13.0 Å². The van der Waals surface area contributed by atoms with E-state index in [2.05, 4.69) is 0 Å². The van der Waals surface area contributed by atoms with Gasteiger partial charge in [0.1, 0.15) is 0 Å². The van der Waals surface area contributed by atoms with Gasteiger partial charge in [0, 0.05) is 16.7 Å². The fourth-order valence-corrected chi connectivity index (χ4v) is 3.87. The molecule has 118 valence electrons. The van der Waals surface area contributed by atoms with Crippen LogP contribution in [-0.4, -0.2) is 26.1 Å². The van der Waals surface area contributed by atoms with Crippen molar-refractivity contribution in [3.63, 3.8) is 0 Å². The van der Waals surface area contributed by atoms with Crippen LogP contribution in [0.4, 0.5) is 5.69 Å². The molecular weight excluding hydrogens is 310 g/mol. The topological polar surface area (TPSA) is 54.5 Å². The van der Waals surface area contributed by atoms with Crippen LogP contribution >= 0.6 is 0 Å². The quantitative estimate of drug-likeness (QED) is 0.871. The van der Waals surface area contributed by atoms with Crippen molar-refractivity contribution < 1.29 is 13.2 Å². The normalized spacial score (nSPS) is 18.7. The molecule has 23 heavy (non-hydrogen) atoms. The van der Waals surface area contributed by atoms with Crippen LogP contribution in [0.5, 0.6) is 0 Å². The molecule has 0 fully saturated rings. The van der Waals surface area contributed by atoms with Crippen molar-refractivity contribution in [1.29, 1.82) is 0 Å². The number of sulfone groups is 1. The number of amides is 1. The minimum Gasteiger partial charge on any atom is -0.300 e. The Morgan fingerprint density at radius 1 is 1.04 bits per heavy atom. The van der Waals surface area contributed by atoms with Crippen molar-refractivity contribution >= 4 is 21.4 Å². The Morgan fingerprint density at radius 3 is 2.26 bits per heavy atom. The van der Waals surface area contributed by atoms with Crippen LogP contribution in [0.1, 0.15) is 15.9 Å². The number of anilines is 1. The highest BCUT2D eigenvalue weighted by molar-refractivity contribution is 7.94. The van der Waals surface area contributed by atoms with E-state index in [4.69, 9.17) is 0 Å². The summed E-state index contributed by atoms with van der Waals surface area (Å²) in [6, 6.07) is 15.9. The van der Waals surface area contributed by atoms with Crippen molar-refractivity contribution in [2.24, 2.45) is 0 Å². The Morgan fingerprint density at radius 2 is 1.70 bits per heavy atom. The molecule has 0 N–H and O–H groups in total.